The first-order valence-corrected chi connectivity index (χ1v) is 4.68. The Morgan fingerprint density at radius 2 is 1.72 bits per heavy atom. The van der Waals surface area contributed by atoms with E-state index in [2.05, 4.69) is 4.74 Å². The molecule has 104 valence electrons. The van der Waals surface area contributed by atoms with Crippen molar-refractivity contribution in [2.24, 2.45) is 5.73 Å². The fourth-order valence-electron chi connectivity index (χ4n) is 1.09. The van der Waals surface area contributed by atoms with Crippen LogP contribution in [0.4, 0.5) is 17.6 Å². The summed E-state index contributed by atoms with van der Waals surface area (Å²) < 4.78 is 52.6. The first kappa shape index (κ1) is 16.9. The zero-order valence-corrected chi connectivity index (χ0v) is 9.84. The second-order valence-corrected chi connectivity index (χ2v) is 3.32. The molecule has 0 aliphatic heterocycles. The van der Waals surface area contributed by atoms with E-state index in [1.807, 2.05) is 0 Å². The first-order valence-electron chi connectivity index (χ1n) is 4.68. The number of hydrogen-bond donors (Lipinski definition) is 2. The lowest BCUT2D eigenvalue weighted by Gasteiger charge is -2.17. The summed E-state index contributed by atoms with van der Waals surface area (Å²) in [6, 6.07) is 4.15. The number of nitrogens with two attached hydrogens (primary N) is 1. The molecule has 0 aliphatic carbocycles. The molecule has 0 bridgehead atoms. The van der Waals surface area contributed by atoms with Crippen molar-refractivity contribution in [1.29, 1.82) is 0 Å². The molecule has 1 atom stereocenters. The van der Waals surface area contributed by atoms with Gasteiger partial charge in [0, 0.05) is 0 Å². The van der Waals surface area contributed by atoms with Gasteiger partial charge in [-0.05, 0) is 17.7 Å². The molecule has 0 amide bonds. The molecule has 0 aromatic heterocycles. The quantitative estimate of drug-likeness (QED) is 0.818. The number of alkyl halides is 4. The van der Waals surface area contributed by atoms with E-state index in [1.54, 1.807) is 0 Å². The molecule has 3 N–H and O–H groups in total. The molecule has 0 spiro atoms. The van der Waals surface area contributed by atoms with Crippen LogP contribution in [0.25, 0.3) is 0 Å². The van der Waals surface area contributed by atoms with Crippen LogP contribution in [0.3, 0.4) is 0 Å². The highest BCUT2D eigenvalue weighted by Gasteiger charge is 2.43. The molecule has 18 heavy (non-hydrogen) atoms. The van der Waals surface area contributed by atoms with Crippen molar-refractivity contribution in [1.82, 2.24) is 0 Å². The summed E-state index contributed by atoms with van der Waals surface area (Å²) in [5.41, 5.74) is 5.95. The van der Waals surface area contributed by atoms with E-state index >= 15 is 0 Å². The van der Waals surface area contributed by atoms with Gasteiger partial charge in [-0.2, -0.15) is 17.6 Å². The van der Waals surface area contributed by atoms with E-state index < -0.39 is 24.3 Å². The van der Waals surface area contributed by atoms with Crippen molar-refractivity contribution in [3.05, 3.63) is 29.8 Å². The summed E-state index contributed by atoms with van der Waals surface area (Å²) in [4.78, 5) is 0. The molecule has 3 nitrogen and oxygen atoms in total. The molecule has 8 heteroatoms. The lowest BCUT2D eigenvalue weighted by Crippen LogP contribution is -2.33. The molecule has 1 rings (SSSR count). The van der Waals surface area contributed by atoms with Gasteiger partial charge in [0.05, 0.1) is 12.6 Å². The number of aliphatic hydroxyl groups excluding tert-OH is 1. The van der Waals surface area contributed by atoms with E-state index in [1.165, 1.54) is 12.1 Å². The topological polar surface area (TPSA) is 55.5 Å². The second kappa shape index (κ2) is 6.77. The molecule has 0 saturated heterocycles. The Kier molecular flexibility index (Phi) is 6.37. The van der Waals surface area contributed by atoms with Crippen molar-refractivity contribution in [3.8, 4) is 5.75 Å². The van der Waals surface area contributed by atoms with Crippen LogP contribution >= 0.6 is 12.4 Å². The average Bonchev–Trinajstić information content (AvgIpc) is 2.28. The van der Waals surface area contributed by atoms with Crippen LogP contribution < -0.4 is 10.5 Å². The number of benzene rings is 1. The second-order valence-electron chi connectivity index (χ2n) is 3.32. The number of halogens is 5. The third-order valence-electron chi connectivity index (χ3n) is 2.01. The van der Waals surface area contributed by atoms with E-state index in [-0.39, 0.29) is 19.0 Å². The van der Waals surface area contributed by atoms with Gasteiger partial charge in [-0.15, -0.1) is 12.4 Å². The third kappa shape index (κ3) is 4.32. The largest absolute Gasteiger partial charge is 0.461 e. The molecule has 1 aromatic rings. The van der Waals surface area contributed by atoms with Gasteiger partial charge >= 0.3 is 12.5 Å². The summed E-state index contributed by atoms with van der Waals surface area (Å²) in [5, 5.41) is 8.74. The maximum atomic E-state index is 12.5. The third-order valence-corrected chi connectivity index (χ3v) is 2.01. The van der Waals surface area contributed by atoms with Crippen molar-refractivity contribution in [3.63, 3.8) is 0 Å². The predicted molar refractivity (Wildman–Crippen MR) is 59.3 cm³/mol. The standard InChI is InChI=1S/C10H11F4NO2.ClH/c11-9(12)10(13,14)17-7-3-1-6(2-4-7)8(15)5-16;/h1-4,8-9,16H,5,15H2;1H/t8-;/m1./s1. The predicted octanol–water partition coefficient (Wildman–Crippen LogP) is 2.34. The molecule has 1 aromatic carbocycles. The number of aliphatic hydroxyl groups is 1. The van der Waals surface area contributed by atoms with Gasteiger partial charge in [-0.3, -0.25) is 0 Å². The zero-order chi connectivity index (χ0) is 13.1. The monoisotopic (exact) mass is 289 g/mol. The summed E-state index contributed by atoms with van der Waals surface area (Å²) in [6.45, 7) is -0.312. The lowest BCUT2D eigenvalue weighted by atomic mass is 10.1. The van der Waals surface area contributed by atoms with Gasteiger partial charge in [0.25, 0.3) is 0 Å². The van der Waals surface area contributed by atoms with Gasteiger partial charge in [0.1, 0.15) is 5.75 Å². The highest BCUT2D eigenvalue weighted by Crippen LogP contribution is 2.27. The molecule has 0 heterocycles. The summed E-state index contributed by atoms with van der Waals surface area (Å²) in [5.74, 6) is -0.399. The normalized spacial score (nSPS) is 13.1. The maximum absolute atomic E-state index is 12.5. The molecule has 0 radical (unpaired) electrons. The van der Waals surface area contributed by atoms with E-state index in [9.17, 15) is 17.6 Å². The minimum atomic E-state index is -4.53. The first-order chi connectivity index (χ1) is 7.86. The van der Waals surface area contributed by atoms with Crippen molar-refractivity contribution >= 4 is 12.4 Å². The molecular weight excluding hydrogens is 278 g/mol. The smallest absolute Gasteiger partial charge is 0.428 e. The van der Waals surface area contributed by atoms with E-state index in [0.717, 1.165) is 12.1 Å². The van der Waals surface area contributed by atoms with Crippen molar-refractivity contribution in [2.75, 3.05) is 6.61 Å². The highest BCUT2D eigenvalue weighted by atomic mass is 35.5. The lowest BCUT2D eigenvalue weighted by molar-refractivity contribution is -0.253. The van der Waals surface area contributed by atoms with E-state index in [4.69, 9.17) is 10.8 Å². The Hall–Kier alpha value is -1.05. The fourth-order valence-corrected chi connectivity index (χ4v) is 1.09. The van der Waals surface area contributed by atoms with Crippen LogP contribution in [0.5, 0.6) is 5.75 Å². The Morgan fingerprint density at radius 1 is 1.22 bits per heavy atom. The minimum absolute atomic E-state index is 0. The summed E-state index contributed by atoms with van der Waals surface area (Å²) in [6.07, 6.45) is -8.43. The molecule has 0 unspecified atom stereocenters. The van der Waals surface area contributed by atoms with Gasteiger partial charge in [-0.25, -0.2) is 0 Å². The Balaban J connectivity index is 0.00000289. The fraction of sp³-hybridized carbons (Fsp3) is 0.400. The Morgan fingerprint density at radius 3 is 2.11 bits per heavy atom. The molecule has 0 fully saturated rings. The van der Waals surface area contributed by atoms with Crippen LogP contribution in [0, 0.1) is 0 Å². The summed E-state index contributed by atoms with van der Waals surface area (Å²) in [7, 11) is 0. The highest BCUT2D eigenvalue weighted by molar-refractivity contribution is 5.85. The zero-order valence-electron chi connectivity index (χ0n) is 9.02. The van der Waals surface area contributed by atoms with Crippen LogP contribution in [0.15, 0.2) is 24.3 Å². The van der Waals surface area contributed by atoms with Crippen LogP contribution in [0.1, 0.15) is 11.6 Å². The van der Waals surface area contributed by atoms with Crippen molar-refractivity contribution in [2.45, 2.75) is 18.6 Å². The molecule has 0 saturated carbocycles. The maximum Gasteiger partial charge on any atom is 0.461 e. The van der Waals surface area contributed by atoms with Gasteiger partial charge in [0.2, 0.25) is 0 Å². The minimum Gasteiger partial charge on any atom is -0.428 e. The van der Waals surface area contributed by atoms with Crippen LogP contribution in [-0.4, -0.2) is 24.2 Å². The van der Waals surface area contributed by atoms with Gasteiger partial charge in [0.15, 0.2) is 0 Å². The van der Waals surface area contributed by atoms with E-state index in [0.29, 0.717) is 5.56 Å². The van der Waals surface area contributed by atoms with Gasteiger partial charge < -0.3 is 15.6 Å². The van der Waals surface area contributed by atoms with Crippen LogP contribution in [0.2, 0.25) is 0 Å². The Bertz CT molecular complexity index is 361. The summed E-state index contributed by atoms with van der Waals surface area (Å²) >= 11 is 0. The van der Waals surface area contributed by atoms with Crippen LogP contribution in [-0.2, 0) is 0 Å². The Labute approximate surface area is 107 Å². The molecule has 0 aliphatic rings. The SMILES string of the molecule is Cl.N[C@H](CO)c1ccc(OC(F)(F)C(F)F)cc1. The number of hydrogen-bond acceptors (Lipinski definition) is 3. The number of rotatable bonds is 5. The number of ether oxygens (including phenoxy) is 1. The molecular formula is C10H12ClF4NO2. The van der Waals surface area contributed by atoms with Crippen molar-refractivity contribution < 1.29 is 27.4 Å². The average molecular weight is 290 g/mol. The van der Waals surface area contributed by atoms with Gasteiger partial charge in [-0.1, -0.05) is 12.1 Å².